The van der Waals surface area contributed by atoms with E-state index in [-0.39, 0.29) is 36.6 Å². The van der Waals surface area contributed by atoms with Gasteiger partial charge < -0.3 is 14.8 Å². The van der Waals surface area contributed by atoms with Crippen molar-refractivity contribution in [2.45, 2.75) is 50.2 Å². The Balaban J connectivity index is 1.35. The first kappa shape index (κ1) is 24.9. The Bertz CT molecular complexity index is 1170. The second-order valence-corrected chi connectivity index (χ2v) is 10.1. The topological polar surface area (TPSA) is 80.1 Å². The van der Waals surface area contributed by atoms with Crippen LogP contribution in [0.4, 0.5) is 4.39 Å². The Hall–Kier alpha value is -3.20. The van der Waals surface area contributed by atoms with Crippen LogP contribution >= 0.6 is 11.8 Å². The van der Waals surface area contributed by atoms with Crippen molar-refractivity contribution < 1.29 is 14.0 Å². The molecule has 0 spiro atoms. The number of rotatable bonds is 10. The molecule has 4 rings (SSSR count). The number of likely N-dealkylation sites (tertiary alicyclic amines) is 1. The molecule has 0 unspecified atom stereocenters. The molecule has 1 saturated heterocycles. The average Bonchev–Trinajstić information content (AvgIpc) is 3.40. The molecule has 0 aliphatic carbocycles. The minimum atomic E-state index is -0.242. The van der Waals surface area contributed by atoms with E-state index in [0.29, 0.717) is 47.7 Å². The lowest BCUT2D eigenvalue weighted by atomic mass is 9.99. The van der Waals surface area contributed by atoms with Crippen LogP contribution in [0.3, 0.4) is 0 Å². The van der Waals surface area contributed by atoms with Crippen molar-refractivity contribution in [3.63, 3.8) is 0 Å². The van der Waals surface area contributed by atoms with Gasteiger partial charge >= 0.3 is 0 Å². The molecule has 0 radical (unpaired) electrons. The fourth-order valence-electron chi connectivity index (χ4n) is 4.14. The molecule has 1 fully saturated rings. The molecule has 2 aromatic carbocycles. The van der Waals surface area contributed by atoms with Crippen molar-refractivity contribution in [3.05, 3.63) is 77.4 Å². The predicted octanol–water partition coefficient (Wildman–Crippen LogP) is 4.00. The van der Waals surface area contributed by atoms with E-state index >= 15 is 0 Å². The maximum Gasteiger partial charge on any atom is 0.240 e. The van der Waals surface area contributed by atoms with Gasteiger partial charge in [-0.05, 0) is 23.1 Å². The molecule has 2 amide bonds. The monoisotopic (exact) mass is 495 g/mol. The third-order valence-corrected chi connectivity index (χ3v) is 6.93. The van der Waals surface area contributed by atoms with E-state index in [9.17, 15) is 14.0 Å². The number of thioether (sulfide) groups is 1. The van der Waals surface area contributed by atoms with E-state index in [4.69, 9.17) is 0 Å². The zero-order chi connectivity index (χ0) is 24.8. The Morgan fingerprint density at radius 2 is 1.89 bits per heavy atom. The average molecular weight is 496 g/mol. The first-order valence-electron chi connectivity index (χ1n) is 11.8. The first-order valence-corrected chi connectivity index (χ1v) is 12.8. The summed E-state index contributed by atoms with van der Waals surface area (Å²) >= 11 is 1.42. The fourth-order valence-corrected chi connectivity index (χ4v) is 5.10. The molecule has 0 saturated carbocycles. The Morgan fingerprint density at radius 1 is 1.14 bits per heavy atom. The standard InChI is InChI=1S/C26H30FN5O2S/c1-18(2)14-32-23(29-30-26(32)35-17-20-10-6-7-11-22(20)27)13-28-24(33)16-31-15-21(12-25(31)34)19-8-4-3-5-9-19/h3-11,18,21H,12-17H2,1-2H3,(H,28,33)/t21-/m0/s1. The molecule has 1 aliphatic heterocycles. The molecule has 7 nitrogen and oxygen atoms in total. The van der Waals surface area contributed by atoms with Crippen LogP contribution in [0.2, 0.25) is 0 Å². The van der Waals surface area contributed by atoms with E-state index in [1.807, 2.05) is 41.0 Å². The normalized spacial score (nSPS) is 15.7. The summed E-state index contributed by atoms with van der Waals surface area (Å²) in [7, 11) is 0. The molecule has 1 aliphatic rings. The summed E-state index contributed by atoms with van der Waals surface area (Å²) in [6.45, 7) is 5.64. The predicted molar refractivity (Wildman–Crippen MR) is 133 cm³/mol. The maximum atomic E-state index is 14.0. The lowest BCUT2D eigenvalue weighted by Gasteiger charge is -2.17. The highest BCUT2D eigenvalue weighted by molar-refractivity contribution is 7.98. The van der Waals surface area contributed by atoms with Crippen LogP contribution in [-0.4, -0.2) is 44.6 Å². The molecule has 1 atom stereocenters. The molecular formula is C26H30FN5O2S. The second-order valence-electron chi connectivity index (χ2n) is 9.15. The number of hydrogen-bond acceptors (Lipinski definition) is 5. The van der Waals surface area contributed by atoms with Crippen molar-refractivity contribution in [1.29, 1.82) is 0 Å². The third kappa shape index (κ3) is 6.48. The van der Waals surface area contributed by atoms with Crippen molar-refractivity contribution in [1.82, 2.24) is 25.0 Å². The second kappa shape index (κ2) is 11.5. The van der Waals surface area contributed by atoms with Crippen LogP contribution in [-0.2, 0) is 28.4 Å². The molecule has 0 bridgehead atoms. The molecule has 3 aromatic rings. The molecular weight excluding hydrogens is 465 g/mol. The van der Waals surface area contributed by atoms with Gasteiger partial charge in [-0.3, -0.25) is 9.59 Å². The number of nitrogens with one attached hydrogen (secondary N) is 1. The van der Waals surface area contributed by atoms with Crippen molar-refractivity contribution in [2.24, 2.45) is 5.92 Å². The van der Waals surface area contributed by atoms with E-state index < -0.39 is 0 Å². The maximum absolute atomic E-state index is 14.0. The third-order valence-electron chi connectivity index (χ3n) is 5.92. The minimum Gasteiger partial charge on any atom is -0.347 e. The summed E-state index contributed by atoms with van der Waals surface area (Å²) < 4.78 is 16.0. The summed E-state index contributed by atoms with van der Waals surface area (Å²) in [5, 5.41) is 12.1. The van der Waals surface area contributed by atoms with Crippen LogP contribution in [0.25, 0.3) is 0 Å². The van der Waals surface area contributed by atoms with E-state index in [2.05, 4.69) is 29.4 Å². The molecule has 9 heteroatoms. The van der Waals surface area contributed by atoms with Crippen LogP contribution < -0.4 is 5.32 Å². The van der Waals surface area contributed by atoms with Gasteiger partial charge in [0.2, 0.25) is 11.8 Å². The Labute approximate surface area is 209 Å². The summed E-state index contributed by atoms with van der Waals surface area (Å²) in [5.41, 5.74) is 1.72. The minimum absolute atomic E-state index is 0.0104. The number of halogens is 1. The number of nitrogens with zero attached hydrogens (tertiary/aromatic N) is 4. The number of amides is 2. The fraction of sp³-hybridized carbons (Fsp3) is 0.385. The highest BCUT2D eigenvalue weighted by atomic mass is 32.2. The molecule has 184 valence electrons. The van der Waals surface area contributed by atoms with Gasteiger partial charge in [0.05, 0.1) is 13.1 Å². The van der Waals surface area contributed by atoms with Gasteiger partial charge in [-0.2, -0.15) is 0 Å². The largest absolute Gasteiger partial charge is 0.347 e. The van der Waals surface area contributed by atoms with Crippen LogP contribution in [0.1, 0.15) is 43.1 Å². The van der Waals surface area contributed by atoms with E-state index in [0.717, 1.165) is 5.56 Å². The van der Waals surface area contributed by atoms with Gasteiger partial charge in [0, 0.05) is 31.2 Å². The number of hydrogen-bond donors (Lipinski definition) is 1. The zero-order valence-electron chi connectivity index (χ0n) is 20.0. The van der Waals surface area contributed by atoms with Crippen LogP contribution in [0.5, 0.6) is 0 Å². The van der Waals surface area contributed by atoms with Gasteiger partial charge in [0.15, 0.2) is 11.0 Å². The summed E-state index contributed by atoms with van der Waals surface area (Å²) in [6, 6.07) is 16.6. The number of carbonyl (C=O) groups is 2. The van der Waals surface area contributed by atoms with Crippen LogP contribution in [0.15, 0.2) is 59.8 Å². The van der Waals surface area contributed by atoms with Gasteiger partial charge in [-0.15, -0.1) is 10.2 Å². The van der Waals surface area contributed by atoms with Crippen LogP contribution in [0, 0.1) is 11.7 Å². The number of carbonyl (C=O) groups excluding carboxylic acids is 2. The zero-order valence-corrected chi connectivity index (χ0v) is 20.8. The van der Waals surface area contributed by atoms with Crippen molar-refractivity contribution >= 4 is 23.6 Å². The SMILES string of the molecule is CC(C)Cn1c(CNC(=O)CN2C[C@@H](c3ccccc3)CC2=O)nnc1SCc1ccccc1F. The quantitative estimate of drug-likeness (QED) is 0.430. The molecule has 1 N–H and O–H groups in total. The summed E-state index contributed by atoms with van der Waals surface area (Å²) in [5.74, 6) is 1.04. The Kier molecular flexibility index (Phi) is 8.17. The van der Waals surface area contributed by atoms with Gasteiger partial charge in [0.1, 0.15) is 5.82 Å². The highest BCUT2D eigenvalue weighted by Crippen LogP contribution is 2.28. The lowest BCUT2D eigenvalue weighted by Crippen LogP contribution is -2.38. The van der Waals surface area contributed by atoms with Gasteiger partial charge in [-0.1, -0.05) is 74.1 Å². The van der Waals surface area contributed by atoms with E-state index in [1.54, 1.807) is 17.0 Å². The summed E-state index contributed by atoms with van der Waals surface area (Å²) in [4.78, 5) is 26.7. The van der Waals surface area contributed by atoms with Crippen molar-refractivity contribution in [2.75, 3.05) is 13.1 Å². The highest BCUT2D eigenvalue weighted by Gasteiger charge is 2.31. The van der Waals surface area contributed by atoms with Crippen molar-refractivity contribution in [3.8, 4) is 0 Å². The molecule has 2 heterocycles. The van der Waals surface area contributed by atoms with Gasteiger partial charge in [-0.25, -0.2) is 4.39 Å². The molecule has 35 heavy (non-hydrogen) atoms. The smallest absolute Gasteiger partial charge is 0.240 e. The number of benzene rings is 2. The Morgan fingerprint density at radius 3 is 2.63 bits per heavy atom. The lowest BCUT2D eigenvalue weighted by molar-refractivity contribution is -0.133. The van der Waals surface area contributed by atoms with Gasteiger partial charge in [0.25, 0.3) is 0 Å². The number of aromatic nitrogens is 3. The summed E-state index contributed by atoms with van der Waals surface area (Å²) in [6.07, 6.45) is 0.419. The first-order chi connectivity index (χ1) is 16.9. The van der Waals surface area contributed by atoms with E-state index in [1.165, 1.54) is 17.8 Å². The molecule has 1 aromatic heterocycles.